The van der Waals surface area contributed by atoms with Crippen molar-refractivity contribution in [2.24, 2.45) is 0 Å². The summed E-state index contributed by atoms with van der Waals surface area (Å²) in [5.41, 5.74) is 0.431. The molecule has 2 heterocycles. The summed E-state index contributed by atoms with van der Waals surface area (Å²) in [6.07, 6.45) is 0.272. The summed E-state index contributed by atoms with van der Waals surface area (Å²) in [6.45, 7) is 3.59. The highest BCUT2D eigenvalue weighted by atomic mass is 32.2. The first-order valence-electron chi connectivity index (χ1n) is 5.54. The van der Waals surface area contributed by atoms with Crippen LogP contribution in [0.5, 0.6) is 0 Å². The number of aryl methyl sites for hydroxylation is 2. The first-order valence-corrected chi connectivity index (χ1v) is 7.34. The van der Waals surface area contributed by atoms with E-state index in [2.05, 4.69) is 20.2 Å². The predicted molar refractivity (Wildman–Crippen MR) is 73.7 cm³/mol. The number of carbonyl (C=O) groups excluding carboxylic acids is 1. The smallest absolute Gasteiger partial charge is 0.251 e. The summed E-state index contributed by atoms with van der Waals surface area (Å²) in [5, 5.41) is 9.79. The van der Waals surface area contributed by atoms with Gasteiger partial charge in [-0.2, -0.15) is 0 Å². The van der Waals surface area contributed by atoms with E-state index in [4.69, 9.17) is 0 Å². The molecular weight excluding hydrogens is 284 g/mol. The van der Waals surface area contributed by atoms with Gasteiger partial charge < -0.3 is 4.98 Å². The Bertz CT molecular complexity index is 650. The maximum atomic E-state index is 11.8. The monoisotopic (exact) mass is 296 g/mol. The van der Waals surface area contributed by atoms with E-state index in [9.17, 15) is 9.59 Å². The van der Waals surface area contributed by atoms with Gasteiger partial charge in [0.2, 0.25) is 0 Å². The van der Waals surface area contributed by atoms with Crippen molar-refractivity contribution in [1.82, 2.24) is 20.2 Å². The molecule has 0 aromatic carbocycles. The highest BCUT2D eigenvalue weighted by Gasteiger charge is 2.09. The van der Waals surface area contributed by atoms with Crippen LogP contribution in [0.25, 0.3) is 0 Å². The number of H-pyrrole nitrogens is 1. The standard InChI is InChI=1S/C11H12N4O2S2/c1-6-3-9(17)13-11(12-6)18-5-8(16)4-10-15-14-7(2)19-10/h3H,4-5H2,1-2H3,(H,12,13,17). The number of aromatic nitrogens is 4. The van der Waals surface area contributed by atoms with Gasteiger partial charge in [0.15, 0.2) is 5.16 Å². The van der Waals surface area contributed by atoms with E-state index in [-0.39, 0.29) is 23.5 Å². The predicted octanol–water partition coefficient (Wildman–Crippen LogP) is 1.14. The molecule has 2 rings (SSSR count). The van der Waals surface area contributed by atoms with Crippen molar-refractivity contribution in [2.45, 2.75) is 25.4 Å². The lowest BCUT2D eigenvalue weighted by Crippen LogP contribution is -2.10. The number of hydrogen-bond donors (Lipinski definition) is 1. The Morgan fingerprint density at radius 1 is 1.42 bits per heavy atom. The number of nitrogens with zero attached hydrogens (tertiary/aromatic N) is 3. The normalized spacial score (nSPS) is 10.6. The lowest BCUT2D eigenvalue weighted by atomic mass is 10.3. The van der Waals surface area contributed by atoms with Gasteiger partial charge in [-0.1, -0.05) is 11.8 Å². The first-order chi connectivity index (χ1) is 9.02. The molecular formula is C11H12N4O2S2. The summed E-state index contributed by atoms with van der Waals surface area (Å²) in [5.74, 6) is 0.288. The average Bonchev–Trinajstić information content (AvgIpc) is 2.71. The summed E-state index contributed by atoms with van der Waals surface area (Å²) < 4.78 is 0. The van der Waals surface area contributed by atoms with Crippen LogP contribution in [0.1, 0.15) is 15.7 Å². The molecule has 0 radical (unpaired) electrons. The van der Waals surface area contributed by atoms with Crippen molar-refractivity contribution in [1.29, 1.82) is 0 Å². The van der Waals surface area contributed by atoms with Crippen molar-refractivity contribution in [3.05, 3.63) is 32.1 Å². The Morgan fingerprint density at radius 2 is 2.21 bits per heavy atom. The quantitative estimate of drug-likeness (QED) is 0.657. The van der Waals surface area contributed by atoms with E-state index in [0.717, 1.165) is 5.01 Å². The van der Waals surface area contributed by atoms with Crippen LogP contribution in [0, 0.1) is 13.8 Å². The number of ketones is 1. The molecule has 100 valence electrons. The highest BCUT2D eigenvalue weighted by molar-refractivity contribution is 7.99. The zero-order chi connectivity index (χ0) is 13.8. The third kappa shape index (κ3) is 4.25. The SMILES string of the molecule is Cc1cc(=O)[nH]c(SCC(=O)Cc2nnc(C)s2)n1. The molecule has 19 heavy (non-hydrogen) atoms. The largest absolute Gasteiger partial charge is 0.301 e. The van der Waals surface area contributed by atoms with E-state index in [1.807, 2.05) is 6.92 Å². The Labute approximate surface area is 117 Å². The van der Waals surface area contributed by atoms with Gasteiger partial charge in [0, 0.05) is 11.8 Å². The maximum Gasteiger partial charge on any atom is 0.251 e. The van der Waals surface area contributed by atoms with E-state index >= 15 is 0 Å². The summed E-state index contributed by atoms with van der Waals surface area (Å²) in [7, 11) is 0. The molecule has 2 aromatic heterocycles. The fourth-order valence-electron chi connectivity index (χ4n) is 1.40. The third-order valence-electron chi connectivity index (χ3n) is 2.13. The molecule has 6 nitrogen and oxygen atoms in total. The number of hydrogen-bond acceptors (Lipinski definition) is 7. The molecule has 2 aromatic rings. The average molecular weight is 296 g/mol. The van der Waals surface area contributed by atoms with Crippen molar-refractivity contribution in [2.75, 3.05) is 5.75 Å². The van der Waals surface area contributed by atoms with E-state index < -0.39 is 0 Å². The van der Waals surface area contributed by atoms with E-state index in [1.54, 1.807) is 6.92 Å². The first kappa shape index (κ1) is 13.9. The van der Waals surface area contributed by atoms with Gasteiger partial charge in [-0.15, -0.1) is 21.5 Å². The van der Waals surface area contributed by atoms with Crippen molar-refractivity contribution < 1.29 is 4.79 Å². The van der Waals surface area contributed by atoms with Gasteiger partial charge in [-0.25, -0.2) is 4.98 Å². The van der Waals surface area contributed by atoms with E-state index in [1.165, 1.54) is 29.2 Å². The maximum absolute atomic E-state index is 11.8. The molecule has 0 fully saturated rings. The molecule has 0 aliphatic rings. The second-order valence-electron chi connectivity index (χ2n) is 3.91. The lowest BCUT2D eigenvalue weighted by molar-refractivity contribution is -0.116. The number of thioether (sulfide) groups is 1. The minimum atomic E-state index is -0.206. The van der Waals surface area contributed by atoms with Crippen LogP contribution in [0.15, 0.2) is 16.0 Å². The Balaban J connectivity index is 1.91. The van der Waals surface area contributed by atoms with Crippen LogP contribution in [0.2, 0.25) is 0 Å². The van der Waals surface area contributed by atoms with Gasteiger partial charge in [0.25, 0.3) is 5.56 Å². The fraction of sp³-hybridized carbons (Fsp3) is 0.364. The van der Waals surface area contributed by atoms with Gasteiger partial charge in [-0.05, 0) is 13.8 Å². The molecule has 0 saturated heterocycles. The minimum absolute atomic E-state index is 0.0327. The molecule has 1 N–H and O–H groups in total. The number of Topliss-reactive ketones (excluding diaryl/α,β-unsaturated/α-hetero) is 1. The van der Waals surface area contributed by atoms with Crippen molar-refractivity contribution >= 4 is 28.9 Å². The van der Waals surface area contributed by atoms with Gasteiger partial charge in [0.05, 0.1) is 12.2 Å². The molecule has 0 bridgehead atoms. The molecule has 0 atom stereocenters. The Hall–Kier alpha value is -1.54. The van der Waals surface area contributed by atoms with Crippen molar-refractivity contribution in [3.8, 4) is 0 Å². The van der Waals surface area contributed by atoms with E-state index in [0.29, 0.717) is 15.9 Å². The van der Waals surface area contributed by atoms with Crippen LogP contribution < -0.4 is 5.56 Å². The zero-order valence-corrected chi connectivity index (χ0v) is 12.1. The third-order valence-corrected chi connectivity index (χ3v) is 3.91. The second kappa shape index (κ2) is 6.07. The molecule has 0 saturated carbocycles. The molecule has 0 aliphatic carbocycles. The van der Waals surface area contributed by atoms with Crippen LogP contribution in [0.3, 0.4) is 0 Å². The van der Waals surface area contributed by atoms with Crippen LogP contribution in [-0.2, 0) is 11.2 Å². The molecule has 8 heteroatoms. The van der Waals surface area contributed by atoms with Gasteiger partial charge in [0.1, 0.15) is 15.8 Å². The van der Waals surface area contributed by atoms with Crippen LogP contribution in [-0.4, -0.2) is 31.7 Å². The number of carbonyl (C=O) groups is 1. The number of rotatable bonds is 5. The summed E-state index contributed by atoms with van der Waals surface area (Å²) >= 11 is 2.64. The molecule has 0 amide bonds. The minimum Gasteiger partial charge on any atom is -0.301 e. The molecule has 0 spiro atoms. The lowest BCUT2D eigenvalue weighted by Gasteiger charge is -2.00. The van der Waals surface area contributed by atoms with Gasteiger partial charge >= 0.3 is 0 Å². The van der Waals surface area contributed by atoms with Crippen LogP contribution in [0.4, 0.5) is 0 Å². The van der Waals surface area contributed by atoms with Crippen molar-refractivity contribution in [3.63, 3.8) is 0 Å². The van der Waals surface area contributed by atoms with Gasteiger partial charge in [-0.3, -0.25) is 9.59 Å². The van der Waals surface area contributed by atoms with Crippen LogP contribution >= 0.6 is 23.1 Å². The summed E-state index contributed by atoms with van der Waals surface area (Å²) in [4.78, 5) is 29.7. The Kier molecular flexibility index (Phi) is 4.43. The number of aromatic amines is 1. The molecule has 0 unspecified atom stereocenters. The Morgan fingerprint density at radius 3 is 2.84 bits per heavy atom. The topological polar surface area (TPSA) is 88.6 Å². The second-order valence-corrected chi connectivity index (χ2v) is 6.14. The molecule has 0 aliphatic heterocycles. The summed E-state index contributed by atoms with van der Waals surface area (Å²) in [6, 6.07) is 1.41. The zero-order valence-electron chi connectivity index (χ0n) is 10.5. The number of nitrogens with one attached hydrogen (secondary N) is 1. The fourth-order valence-corrected chi connectivity index (χ4v) is 2.92. The highest BCUT2D eigenvalue weighted by Crippen LogP contribution is 2.14.